The number of alkyl halides is 3. The Hall–Kier alpha value is -1.92. The van der Waals surface area contributed by atoms with Crippen LogP contribution >= 0.6 is 23.2 Å². The number of hydrogen-bond acceptors (Lipinski definition) is 2. The molecule has 1 aromatic carbocycles. The summed E-state index contributed by atoms with van der Waals surface area (Å²) in [6.07, 6.45) is 4.21. The van der Waals surface area contributed by atoms with E-state index in [1.165, 1.54) is 10.7 Å². The Bertz CT molecular complexity index is 961. The molecule has 4 nitrogen and oxygen atoms in total. The summed E-state index contributed by atoms with van der Waals surface area (Å²) in [5, 5.41) is 14.3. The number of halogens is 4. The van der Waals surface area contributed by atoms with Crippen LogP contribution < -0.4 is 0 Å². The number of aromatic nitrogens is 2. The largest absolute Gasteiger partial charge is 0.477 e. The smallest absolute Gasteiger partial charge is 0.379 e. The predicted octanol–water partition coefficient (Wildman–Crippen LogP) is 4.97. The van der Waals surface area contributed by atoms with Gasteiger partial charge in [0.1, 0.15) is 0 Å². The summed E-state index contributed by atoms with van der Waals surface area (Å²) >= 11 is 12.8. The van der Waals surface area contributed by atoms with Gasteiger partial charge in [-0.25, -0.2) is 4.79 Å². The molecule has 1 aliphatic carbocycles. The van der Waals surface area contributed by atoms with Crippen LogP contribution in [0.25, 0.3) is 10.9 Å². The summed E-state index contributed by atoms with van der Waals surface area (Å²) in [5.74, 6) is -6.18. The molecular formula is C18H16Cl2F2N2O2. The van der Waals surface area contributed by atoms with Crippen molar-refractivity contribution in [3.05, 3.63) is 52.2 Å². The summed E-state index contributed by atoms with van der Waals surface area (Å²) in [6, 6.07) is 3.72. The van der Waals surface area contributed by atoms with E-state index in [1.54, 1.807) is 13.0 Å². The maximum absolute atomic E-state index is 13.9. The Morgan fingerprint density at radius 2 is 2.15 bits per heavy atom. The Labute approximate surface area is 158 Å². The molecule has 0 aliphatic heterocycles. The van der Waals surface area contributed by atoms with Crippen LogP contribution in [-0.2, 0) is 17.3 Å². The molecule has 0 fully saturated rings. The molecule has 26 heavy (non-hydrogen) atoms. The van der Waals surface area contributed by atoms with Crippen molar-refractivity contribution in [1.29, 1.82) is 0 Å². The molecule has 0 saturated carbocycles. The van der Waals surface area contributed by atoms with Crippen molar-refractivity contribution in [2.45, 2.75) is 37.6 Å². The molecule has 0 radical (unpaired) electrons. The average molecular weight is 401 g/mol. The molecule has 1 aliphatic rings. The number of carbonyl (C=O) groups is 1. The van der Waals surface area contributed by atoms with Gasteiger partial charge in [0.2, 0.25) is 0 Å². The quantitative estimate of drug-likeness (QED) is 0.736. The first kappa shape index (κ1) is 18.9. The molecule has 1 aromatic heterocycles. The molecular weight excluding hydrogens is 385 g/mol. The molecule has 0 spiro atoms. The van der Waals surface area contributed by atoms with E-state index >= 15 is 0 Å². The van der Waals surface area contributed by atoms with Crippen LogP contribution in [0.15, 0.2) is 41.0 Å². The maximum atomic E-state index is 13.9. The van der Waals surface area contributed by atoms with E-state index in [9.17, 15) is 13.6 Å². The molecule has 2 aromatic rings. The first-order valence-electron chi connectivity index (χ1n) is 7.87. The van der Waals surface area contributed by atoms with Crippen LogP contribution in [0.2, 0.25) is 0 Å². The van der Waals surface area contributed by atoms with Crippen molar-refractivity contribution in [2.75, 3.05) is 0 Å². The zero-order chi connectivity index (χ0) is 19.3. The molecule has 1 unspecified atom stereocenters. The summed E-state index contributed by atoms with van der Waals surface area (Å²) < 4.78 is 29.3. The number of hydrogen-bond donors (Lipinski definition) is 1. The molecule has 138 valence electrons. The van der Waals surface area contributed by atoms with Crippen LogP contribution in [0.4, 0.5) is 8.78 Å². The minimum absolute atomic E-state index is 0.218. The van der Waals surface area contributed by atoms with Gasteiger partial charge in [0, 0.05) is 16.0 Å². The van der Waals surface area contributed by atoms with Crippen molar-refractivity contribution in [3.8, 4) is 0 Å². The molecule has 1 N–H and O–H groups in total. The fraction of sp³-hybridized carbons (Fsp3) is 0.333. The number of fused-ring (bicyclic) bond motifs is 1. The number of rotatable bonds is 4. The van der Waals surface area contributed by atoms with Gasteiger partial charge >= 0.3 is 11.9 Å². The number of aryl methyl sites for hydroxylation is 1. The number of nitrogens with zero attached hydrogens (tertiary/aromatic N) is 2. The van der Waals surface area contributed by atoms with Gasteiger partial charge < -0.3 is 5.11 Å². The van der Waals surface area contributed by atoms with E-state index in [4.69, 9.17) is 28.3 Å². The van der Waals surface area contributed by atoms with Crippen molar-refractivity contribution in [2.24, 2.45) is 0 Å². The number of carboxylic acid groups (broad SMARTS) is 1. The normalized spacial score (nSPS) is 20.8. The second-order valence-electron chi connectivity index (χ2n) is 6.48. The monoisotopic (exact) mass is 400 g/mol. The second-order valence-corrected chi connectivity index (χ2v) is 7.73. The zero-order valence-corrected chi connectivity index (χ0v) is 15.6. The molecule has 3 rings (SSSR count). The van der Waals surface area contributed by atoms with Gasteiger partial charge in [-0.2, -0.15) is 13.9 Å². The Morgan fingerprint density at radius 1 is 1.46 bits per heavy atom. The topological polar surface area (TPSA) is 55.1 Å². The first-order valence-corrected chi connectivity index (χ1v) is 8.63. The number of benzene rings is 1. The third kappa shape index (κ3) is 3.12. The van der Waals surface area contributed by atoms with Gasteiger partial charge in [-0.05, 0) is 38.0 Å². The van der Waals surface area contributed by atoms with Gasteiger partial charge in [-0.3, -0.25) is 4.68 Å². The van der Waals surface area contributed by atoms with E-state index in [1.807, 2.05) is 13.0 Å². The first-order chi connectivity index (χ1) is 12.0. The van der Waals surface area contributed by atoms with Crippen LogP contribution in [0.1, 0.15) is 24.6 Å². The van der Waals surface area contributed by atoms with Crippen LogP contribution in [0.3, 0.4) is 0 Å². The van der Waals surface area contributed by atoms with Crippen molar-refractivity contribution >= 4 is 40.1 Å². The number of carboxylic acids is 1. The lowest BCUT2D eigenvalue weighted by Gasteiger charge is -2.28. The highest BCUT2D eigenvalue weighted by Gasteiger charge is 2.41. The van der Waals surface area contributed by atoms with Crippen molar-refractivity contribution in [1.82, 2.24) is 9.78 Å². The van der Waals surface area contributed by atoms with Gasteiger partial charge in [-0.1, -0.05) is 29.8 Å². The molecule has 0 saturated heterocycles. The summed E-state index contributed by atoms with van der Waals surface area (Å²) in [4.78, 5) is 10.2. The van der Waals surface area contributed by atoms with Gasteiger partial charge in [-0.15, -0.1) is 11.6 Å². The number of allylic oxidation sites excluding steroid dienone is 4. The molecule has 1 heterocycles. The fourth-order valence-electron chi connectivity index (χ4n) is 3.03. The predicted molar refractivity (Wildman–Crippen MR) is 96.9 cm³/mol. The van der Waals surface area contributed by atoms with Crippen LogP contribution in [0.5, 0.6) is 0 Å². The second kappa shape index (κ2) is 6.35. The lowest BCUT2D eigenvalue weighted by molar-refractivity contribution is -0.166. The van der Waals surface area contributed by atoms with E-state index < -0.39 is 22.3 Å². The summed E-state index contributed by atoms with van der Waals surface area (Å²) in [7, 11) is 0. The minimum atomic E-state index is -3.98. The molecule has 0 amide bonds. The van der Waals surface area contributed by atoms with E-state index in [0.29, 0.717) is 28.0 Å². The Balaban J connectivity index is 2.12. The molecule has 8 heteroatoms. The van der Waals surface area contributed by atoms with Crippen LogP contribution in [0, 0.1) is 6.92 Å². The maximum Gasteiger partial charge on any atom is 0.379 e. The van der Waals surface area contributed by atoms with E-state index in [-0.39, 0.29) is 6.54 Å². The Kier molecular flexibility index (Phi) is 4.61. The summed E-state index contributed by atoms with van der Waals surface area (Å²) in [6.45, 7) is 3.80. The molecule has 0 bridgehead atoms. The highest BCUT2D eigenvalue weighted by molar-refractivity contribution is 6.34. The third-order valence-electron chi connectivity index (χ3n) is 4.56. The highest BCUT2D eigenvalue weighted by atomic mass is 35.5. The lowest BCUT2D eigenvalue weighted by atomic mass is 9.92. The standard InChI is InChI=1S/C18H16Cl2F2N2O2/c1-10-12-6-5-11(18(21,22)16(25)26)8-15(12)24(23-10)9-13-14(19)4-3-7-17(13,2)20/h3-6,8H,7,9H2,1-2H3,(H,25,26). The third-order valence-corrected chi connectivity index (χ3v) is 5.29. The van der Waals surface area contributed by atoms with Gasteiger partial charge in [0.05, 0.1) is 22.6 Å². The van der Waals surface area contributed by atoms with E-state index in [2.05, 4.69) is 5.10 Å². The SMILES string of the molecule is Cc1nn(CC2=C(Cl)C=CCC2(C)Cl)c2cc(C(F)(F)C(=O)O)ccc12. The van der Waals surface area contributed by atoms with E-state index in [0.717, 1.165) is 17.7 Å². The van der Waals surface area contributed by atoms with Crippen molar-refractivity contribution in [3.63, 3.8) is 0 Å². The zero-order valence-electron chi connectivity index (χ0n) is 14.1. The number of aliphatic carboxylic acids is 1. The summed E-state index contributed by atoms with van der Waals surface area (Å²) in [5.41, 5.74) is 1.17. The van der Waals surface area contributed by atoms with Gasteiger partial charge in [0.15, 0.2) is 0 Å². The average Bonchev–Trinajstić information content (AvgIpc) is 2.86. The minimum Gasteiger partial charge on any atom is -0.477 e. The van der Waals surface area contributed by atoms with Crippen LogP contribution in [-0.4, -0.2) is 25.7 Å². The fourth-order valence-corrected chi connectivity index (χ4v) is 3.68. The van der Waals surface area contributed by atoms with Gasteiger partial charge in [0.25, 0.3) is 0 Å². The highest BCUT2D eigenvalue weighted by Crippen LogP contribution is 2.38. The Morgan fingerprint density at radius 3 is 2.77 bits per heavy atom. The molecule has 1 atom stereocenters. The van der Waals surface area contributed by atoms with Crippen molar-refractivity contribution < 1.29 is 18.7 Å². The lowest BCUT2D eigenvalue weighted by Crippen LogP contribution is -2.26.